The number of nitrogens with one attached hydrogen (secondary N) is 1. The first kappa shape index (κ1) is 15.1. The second-order valence-electron chi connectivity index (χ2n) is 4.73. The molecule has 0 spiro atoms. The van der Waals surface area contributed by atoms with Gasteiger partial charge in [0.15, 0.2) is 0 Å². The third-order valence-electron chi connectivity index (χ3n) is 2.80. The summed E-state index contributed by atoms with van der Waals surface area (Å²) in [4.78, 5) is 0. The van der Waals surface area contributed by atoms with E-state index in [0.29, 0.717) is 0 Å². The smallest absolute Gasteiger partial charge is 0.212 e. The van der Waals surface area contributed by atoms with Crippen LogP contribution < -0.4 is 4.72 Å². The molecule has 2 unspecified atom stereocenters. The zero-order chi connectivity index (χ0) is 13.6. The molecule has 0 bridgehead atoms. The van der Waals surface area contributed by atoms with Gasteiger partial charge in [-0.1, -0.05) is 44.2 Å². The monoisotopic (exact) mass is 271 g/mol. The highest BCUT2D eigenvalue weighted by molar-refractivity contribution is 7.89. The van der Waals surface area contributed by atoms with Gasteiger partial charge in [-0.3, -0.25) is 0 Å². The van der Waals surface area contributed by atoms with Crippen molar-refractivity contribution in [3.63, 3.8) is 0 Å². The summed E-state index contributed by atoms with van der Waals surface area (Å²) in [6.45, 7) is 3.95. The Morgan fingerprint density at radius 1 is 1.22 bits per heavy atom. The second kappa shape index (κ2) is 6.87. The summed E-state index contributed by atoms with van der Waals surface area (Å²) in [5, 5.41) is 8.86. The van der Waals surface area contributed by atoms with E-state index in [4.69, 9.17) is 5.11 Å². The Morgan fingerprint density at radius 2 is 1.83 bits per heavy atom. The third kappa shape index (κ3) is 5.16. The summed E-state index contributed by atoms with van der Waals surface area (Å²) >= 11 is 0. The fourth-order valence-electron chi connectivity index (χ4n) is 1.60. The molecule has 0 radical (unpaired) electrons. The number of rotatable bonds is 7. The molecule has 1 aromatic rings. The molecule has 1 rings (SSSR count). The fourth-order valence-corrected chi connectivity index (χ4v) is 3.11. The van der Waals surface area contributed by atoms with E-state index in [9.17, 15) is 8.42 Å². The molecule has 5 heteroatoms. The fraction of sp³-hybridized carbons (Fsp3) is 0.538. The molecule has 0 saturated carbocycles. The Bertz CT molecular complexity index is 445. The third-order valence-corrected chi connectivity index (χ3v) is 4.35. The number of aliphatic hydroxyl groups is 1. The van der Waals surface area contributed by atoms with E-state index in [1.165, 1.54) is 0 Å². The molecule has 2 atom stereocenters. The Morgan fingerprint density at radius 3 is 2.39 bits per heavy atom. The van der Waals surface area contributed by atoms with E-state index in [0.717, 1.165) is 5.56 Å². The highest BCUT2D eigenvalue weighted by Gasteiger charge is 2.17. The zero-order valence-corrected chi connectivity index (χ0v) is 11.7. The SMILES string of the molecule is CC(CO)CNS(=O)(=O)CC(C)c1ccccc1. The minimum absolute atomic E-state index is 0.0171. The van der Waals surface area contributed by atoms with Crippen molar-refractivity contribution in [1.82, 2.24) is 4.72 Å². The normalized spacial score (nSPS) is 15.3. The number of aliphatic hydroxyl groups excluding tert-OH is 1. The van der Waals surface area contributed by atoms with Gasteiger partial charge in [-0.2, -0.15) is 0 Å². The maximum Gasteiger partial charge on any atom is 0.212 e. The van der Waals surface area contributed by atoms with Gasteiger partial charge in [0, 0.05) is 13.2 Å². The van der Waals surface area contributed by atoms with Crippen LogP contribution in [0.1, 0.15) is 25.3 Å². The molecule has 0 aliphatic carbocycles. The van der Waals surface area contributed by atoms with Crippen molar-refractivity contribution in [3.8, 4) is 0 Å². The van der Waals surface area contributed by atoms with Crippen molar-refractivity contribution >= 4 is 10.0 Å². The maximum atomic E-state index is 11.8. The van der Waals surface area contributed by atoms with Crippen LogP contribution in [0.2, 0.25) is 0 Å². The van der Waals surface area contributed by atoms with E-state index < -0.39 is 10.0 Å². The van der Waals surface area contributed by atoms with Gasteiger partial charge in [-0.05, 0) is 17.4 Å². The van der Waals surface area contributed by atoms with E-state index in [1.807, 2.05) is 37.3 Å². The average molecular weight is 271 g/mol. The van der Waals surface area contributed by atoms with Crippen LogP contribution in [0.25, 0.3) is 0 Å². The molecule has 0 aromatic heterocycles. The van der Waals surface area contributed by atoms with E-state index in [2.05, 4.69) is 4.72 Å². The van der Waals surface area contributed by atoms with Gasteiger partial charge in [0.25, 0.3) is 0 Å². The van der Waals surface area contributed by atoms with Gasteiger partial charge in [-0.25, -0.2) is 13.1 Å². The summed E-state index contributed by atoms with van der Waals surface area (Å²) < 4.78 is 26.2. The van der Waals surface area contributed by atoms with Gasteiger partial charge in [0.05, 0.1) is 5.75 Å². The van der Waals surface area contributed by atoms with Crippen molar-refractivity contribution in [3.05, 3.63) is 35.9 Å². The molecule has 102 valence electrons. The van der Waals surface area contributed by atoms with E-state index in [-0.39, 0.29) is 30.7 Å². The quantitative estimate of drug-likeness (QED) is 0.786. The summed E-state index contributed by atoms with van der Waals surface area (Å²) in [5.41, 5.74) is 1.01. The van der Waals surface area contributed by atoms with Crippen LogP contribution in [0.15, 0.2) is 30.3 Å². The predicted octanol–water partition coefficient (Wildman–Crippen LogP) is 1.34. The summed E-state index contributed by atoms with van der Waals surface area (Å²) in [6, 6.07) is 9.57. The lowest BCUT2D eigenvalue weighted by Gasteiger charge is -2.14. The van der Waals surface area contributed by atoms with Crippen molar-refractivity contribution < 1.29 is 13.5 Å². The van der Waals surface area contributed by atoms with E-state index >= 15 is 0 Å². The summed E-state index contributed by atoms with van der Waals surface area (Å²) in [7, 11) is -3.30. The molecule has 1 aromatic carbocycles. The first-order valence-corrected chi connectivity index (χ1v) is 7.73. The number of benzene rings is 1. The highest BCUT2D eigenvalue weighted by atomic mass is 32.2. The number of hydrogen-bond donors (Lipinski definition) is 2. The lowest BCUT2D eigenvalue weighted by Crippen LogP contribution is -2.33. The van der Waals surface area contributed by atoms with Gasteiger partial charge in [-0.15, -0.1) is 0 Å². The van der Waals surface area contributed by atoms with E-state index in [1.54, 1.807) is 6.92 Å². The number of sulfonamides is 1. The lowest BCUT2D eigenvalue weighted by molar-refractivity contribution is 0.238. The number of hydrogen-bond acceptors (Lipinski definition) is 3. The first-order valence-electron chi connectivity index (χ1n) is 6.07. The van der Waals surface area contributed by atoms with Crippen LogP contribution in [0, 0.1) is 5.92 Å². The highest BCUT2D eigenvalue weighted by Crippen LogP contribution is 2.16. The maximum absolute atomic E-state index is 11.8. The molecule has 4 nitrogen and oxygen atoms in total. The Hall–Kier alpha value is -0.910. The molecule has 0 aliphatic rings. The molecule has 0 aliphatic heterocycles. The van der Waals surface area contributed by atoms with Crippen LogP contribution in [-0.4, -0.2) is 32.4 Å². The summed E-state index contributed by atoms with van der Waals surface area (Å²) in [5.74, 6) is -0.0465. The average Bonchev–Trinajstić information content (AvgIpc) is 2.36. The predicted molar refractivity (Wildman–Crippen MR) is 72.9 cm³/mol. The first-order chi connectivity index (χ1) is 8.44. The van der Waals surface area contributed by atoms with Crippen LogP contribution in [0.5, 0.6) is 0 Å². The zero-order valence-electron chi connectivity index (χ0n) is 10.8. The van der Waals surface area contributed by atoms with Crippen molar-refractivity contribution in [1.29, 1.82) is 0 Å². The van der Waals surface area contributed by atoms with Crippen molar-refractivity contribution in [2.75, 3.05) is 18.9 Å². The minimum Gasteiger partial charge on any atom is -0.396 e. The molecule has 0 fully saturated rings. The van der Waals surface area contributed by atoms with Gasteiger partial charge < -0.3 is 5.11 Å². The van der Waals surface area contributed by atoms with Gasteiger partial charge in [0.1, 0.15) is 0 Å². The lowest BCUT2D eigenvalue weighted by atomic mass is 10.0. The topological polar surface area (TPSA) is 66.4 Å². The Balaban J connectivity index is 2.55. The van der Waals surface area contributed by atoms with Crippen LogP contribution >= 0.6 is 0 Å². The van der Waals surface area contributed by atoms with Crippen molar-refractivity contribution in [2.24, 2.45) is 5.92 Å². The Kier molecular flexibility index (Phi) is 5.78. The van der Waals surface area contributed by atoms with Crippen LogP contribution in [0.3, 0.4) is 0 Å². The van der Waals surface area contributed by atoms with Gasteiger partial charge >= 0.3 is 0 Å². The minimum atomic E-state index is -3.30. The molecule has 0 saturated heterocycles. The van der Waals surface area contributed by atoms with Crippen LogP contribution in [0.4, 0.5) is 0 Å². The largest absolute Gasteiger partial charge is 0.396 e. The summed E-state index contributed by atoms with van der Waals surface area (Å²) in [6.07, 6.45) is 0. The standard InChI is InChI=1S/C13H21NO3S/c1-11(9-15)8-14-18(16,17)10-12(2)13-6-4-3-5-7-13/h3-7,11-12,14-15H,8-10H2,1-2H3. The van der Waals surface area contributed by atoms with Gasteiger partial charge in [0.2, 0.25) is 10.0 Å². The molecular formula is C13H21NO3S. The van der Waals surface area contributed by atoms with Crippen LogP contribution in [-0.2, 0) is 10.0 Å². The Labute approximate surface area is 109 Å². The molecule has 0 amide bonds. The second-order valence-corrected chi connectivity index (χ2v) is 6.58. The molecule has 18 heavy (non-hydrogen) atoms. The molecular weight excluding hydrogens is 250 g/mol. The van der Waals surface area contributed by atoms with Crippen molar-refractivity contribution in [2.45, 2.75) is 19.8 Å². The molecule has 0 heterocycles. The molecule has 2 N–H and O–H groups in total.